The summed E-state index contributed by atoms with van der Waals surface area (Å²) in [6, 6.07) is 20.5. The van der Waals surface area contributed by atoms with Crippen molar-refractivity contribution in [2.45, 2.75) is 12.8 Å². The van der Waals surface area contributed by atoms with Gasteiger partial charge >= 0.3 is 0 Å². The molecule has 0 saturated carbocycles. The lowest BCUT2D eigenvalue weighted by Crippen LogP contribution is -2.21. The molecular formula is C22H15Cl3N4OS. The van der Waals surface area contributed by atoms with Crippen LogP contribution in [0.2, 0.25) is 15.1 Å². The van der Waals surface area contributed by atoms with E-state index in [1.165, 1.54) is 0 Å². The number of hydrogen-bond acceptors (Lipinski definition) is 4. The van der Waals surface area contributed by atoms with Crippen molar-refractivity contribution in [3.8, 4) is 5.75 Å². The van der Waals surface area contributed by atoms with Gasteiger partial charge in [-0.2, -0.15) is 10.2 Å². The second-order valence-electron chi connectivity index (χ2n) is 6.60. The Hall–Kier alpha value is -2.51. The quantitative estimate of drug-likeness (QED) is 0.269. The molecule has 1 aliphatic heterocycles. The van der Waals surface area contributed by atoms with Crippen molar-refractivity contribution in [3.05, 3.63) is 98.5 Å². The predicted molar refractivity (Wildman–Crippen MR) is 128 cm³/mol. The molecule has 0 radical (unpaired) electrons. The molecule has 5 nitrogen and oxygen atoms in total. The van der Waals surface area contributed by atoms with Crippen LogP contribution in [0.3, 0.4) is 0 Å². The second-order valence-corrected chi connectivity index (χ2v) is 8.19. The van der Waals surface area contributed by atoms with Crippen molar-refractivity contribution in [2.24, 2.45) is 15.3 Å². The van der Waals surface area contributed by atoms with Crippen LogP contribution in [0.4, 0.5) is 0 Å². The molecule has 0 aromatic heterocycles. The van der Waals surface area contributed by atoms with Crippen molar-refractivity contribution in [1.82, 2.24) is 5.01 Å². The highest BCUT2D eigenvalue weighted by Gasteiger charge is 2.27. The van der Waals surface area contributed by atoms with Crippen molar-refractivity contribution in [2.75, 3.05) is 0 Å². The van der Waals surface area contributed by atoms with Crippen LogP contribution in [-0.4, -0.2) is 16.3 Å². The molecule has 0 bridgehead atoms. The Kier molecular flexibility index (Phi) is 6.83. The van der Waals surface area contributed by atoms with Crippen LogP contribution in [0.25, 0.3) is 0 Å². The first-order chi connectivity index (χ1) is 15.0. The first kappa shape index (κ1) is 21.7. The van der Waals surface area contributed by atoms with Gasteiger partial charge in [-0.25, -0.2) is 5.01 Å². The number of hydrogen-bond donors (Lipinski definition) is 0. The maximum Gasteiger partial charge on any atom is 0.238 e. The van der Waals surface area contributed by atoms with E-state index in [2.05, 4.69) is 15.3 Å². The zero-order chi connectivity index (χ0) is 21.8. The highest BCUT2D eigenvalue weighted by molar-refractivity contribution is 7.80. The molecule has 31 heavy (non-hydrogen) atoms. The molecule has 156 valence electrons. The summed E-state index contributed by atoms with van der Waals surface area (Å²) >= 11 is 23.6. The van der Waals surface area contributed by atoms with Crippen molar-refractivity contribution >= 4 is 58.3 Å². The van der Waals surface area contributed by atoms with Gasteiger partial charge in [0.1, 0.15) is 12.4 Å². The minimum Gasteiger partial charge on any atom is -0.487 e. The van der Waals surface area contributed by atoms with Crippen LogP contribution in [0, 0.1) is 0 Å². The molecule has 3 aromatic carbocycles. The number of halogens is 3. The van der Waals surface area contributed by atoms with Gasteiger partial charge in [0, 0.05) is 5.56 Å². The number of nitrogens with zero attached hydrogens (tertiary/aromatic N) is 4. The normalized spacial score (nSPS) is 15.8. The molecule has 1 atom stereocenters. The van der Waals surface area contributed by atoms with Crippen LogP contribution in [0.5, 0.6) is 5.75 Å². The zero-order valence-corrected chi connectivity index (χ0v) is 19.0. The van der Waals surface area contributed by atoms with Crippen LogP contribution in [-0.2, 0) is 6.61 Å². The van der Waals surface area contributed by atoms with Gasteiger partial charge in [0.25, 0.3) is 0 Å². The number of benzene rings is 3. The first-order valence-corrected chi connectivity index (χ1v) is 10.7. The summed E-state index contributed by atoms with van der Waals surface area (Å²) in [5.74, 6) is 0.550. The van der Waals surface area contributed by atoms with Crippen LogP contribution >= 0.6 is 47.0 Å². The Bertz CT molecular complexity index is 1170. The fraction of sp³-hybridized carbons (Fsp3) is 0.0909. The Morgan fingerprint density at radius 1 is 0.968 bits per heavy atom. The first-order valence-electron chi connectivity index (χ1n) is 9.20. The Labute approximate surface area is 199 Å². The number of ether oxygens (including phenoxy) is 1. The molecule has 1 unspecified atom stereocenters. The standard InChI is InChI=1S/C22H15Cl3N4OS/c23-17-8-6-15(11-18(17)24)13-30-20-9-7-14(10-19(20)25)12-26-29-21(27-28-22(29)31)16-4-2-1-3-5-16/h1-12,21H,13H2. The highest BCUT2D eigenvalue weighted by atomic mass is 35.5. The summed E-state index contributed by atoms with van der Waals surface area (Å²) in [5.41, 5.74) is 2.62. The number of thiocarbonyl (C=S) groups is 1. The number of hydrazone groups is 1. The maximum absolute atomic E-state index is 6.39. The van der Waals surface area contributed by atoms with E-state index >= 15 is 0 Å². The van der Waals surface area contributed by atoms with E-state index < -0.39 is 0 Å². The lowest BCUT2D eigenvalue weighted by molar-refractivity contribution is 0.306. The fourth-order valence-corrected chi connectivity index (χ4v) is 3.64. The van der Waals surface area contributed by atoms with E-state index in [1.54, 1.807) is 35.5 Å². The maximum atomic E-state index is 6.39. The van der Waals surface area contributed by atoms with Crippen LogP contribution in [0.1, 0.15) is 22.9 Å². The molecule has 9 heteroatoms. The van der Waals surface area contributed by atoms with Gasteiger partial charge in [0.15, 0.2) is 6.17 Å². The van der Waals surface area contributed by atoms with E-state index in [0.29, 0.717) is 32.5 Å². The largest absolute Gasteiger partial charge is 0.487 e. The second kappa shape index (κ2) is 9.75. The van der Waals surface area contributed by atoms with Gasteiger partial charge in [-0.1, -0.05) is 71.2 Å². The van der Waals surface area contributed by atoms with Crippen molar-refractivity contribution < 1.29 is 4.74 Å². The third-order valence-corrected chi connectivity index (χ3v) is 5.75. The smallest absolute Gasteiger partial charge is 0.238 e. The van der Waals surface area contributed by atoms with Crippen molar-refractivity contribution in [3.63, 3.8) is 0 Å². The molecule has 1 heterocycles. The third kappa shape index (κ3) is 5.22. The molecule has 4 rings (SSSR count). The zero-order valence-electron chi connectivity index (χ0n) is 16.0. The average Bonchev–Trinajstić information content (AvgIpc) is 3.15. The molecule has 0 saturated heterocycles. The van der Waals surface area contributed by atoms with Crippen LogP contribution in [0.15, 0.2) is 82.1 Å². The summed E-state index contributed by atoms with van der Waals surface area (Å²) in [4.78, 5) is 0. The molecule has 0 amide bonds. The van der Waals surface area contributed by atoms with Gasteiger partial charge in [0.05, 0.1) is 21.3 Å². The van der Waals surface area contributed by atoms with E-state index in [1.807, 2.05) is 42.5 Å². The van der Waals surface area contributed by atoms with Gasteiger partial charge < -0.3 is 4.74 Å². The van der Waals surface area contributed by atoms with Gasteiger partial charge in [0.2, 0.25) is 5.11 Å². The minimum absolute atomic E-state index is 0.303. The molecular weight excluding hydrogens is 475 g/mol. The Balaban J connectivity index is 1.44. The molecule has 3 aromatic rings. The molecule has 1 aliphatic rings. The summed E-state index contributed by atoms with van der Waals surface area (Å²) in [6.07, 6.45) is 1.28. The lowest BCUT2D eigenvalue weighted by Gasteiger charge is -2.17. The van der Waals surface area contributed by atoms with Crippen LogP contribution < -0.4 is 4.74 Å². The third-order valence-electron chi connectivity index (χ3n) is 4.44. The summed E-state index contributed by atoms with van der Waals surface area (Å²) in [5, 5.41) is 16.0. The summed E-state index contributed by atoms with van der Waals surface area (Å²) in [7, 11) is 0. The van der Waals surface area contributed by atoms with Gasteiger partial charge in [-0.05, 0) is 53.7 Å². The SMILES string of the molecule is S=C1N=NC(c2ccccc2)N1N=Cc1ccc(OCc2ccc(Cl)c(Cl)c2)c(Cl)c1. The Morgan fingerprint density at radius 2 is 1.77 bits per heavy atom. The Morgan fingerprint density at radius 3 is 2.52 bits per heavy atom. The van der Waals surface area contributed by atoms with E-state index in [9.17, 15) is 0 Å². The topological polar surface area (TPSA) is 49.5 Å². The van der Waals surface area contributed by atoms with Gasteiger partial charge in [-0.15, -0.1) is 5.11 Å². The molecule has 0 spiro atoms. The molecule has 0 aliphatic carbocycles. The van der Waals surface area contributed by atoms with E-state index in [-0.39, 0.29) is 6.17 Å². The van der Waals surface area contributed by atoms with E-state index in [0.717, 1.165) is 16.7 Å². The van der Waals surface area contributed by atoms with E-state index in [4.69, 9.17) is 51.8 Å². The highest BCUT2D eigenvalue weighted by Crippen LogP contribution is 2.30. The van der Waals surface area contributed by atoms with Gasteiger partial charge in [-0.3, -0.25) is 0 Å². The number of rotatable bonds is 6. The monoisotopic (exact) mass is 488 g/mol. The number of azo groups is 1. The molecule has 0 fully saturated rings. The average molecular weight is 490 g/mol. The molecule has 0 N–H and O–H groups in total. The minimum atomic E-state index is -0.380. The van der Waals surface area contributed by atoms with Crippen molar-refractivity contribution in [1.29, 1.82) is 0 Å². The predicted octanol–water partition coefficient (Wildman–Crippen LogP) is 7.31. The fourth-order valence-electron chi connectivity index (χ4n) is 2.88. The lowest BCUT2D eigenvalue weighted by atomic mass is 10.2. The summed E-state index contributed by atoms with van der Waals surface area (Å²) < 4.78 is 5.80. The summed E-state index contributed by atoms with van der Waals surface area (Å²) in [6.45, 7) is 0.313.